The highest BCUT2D eigenvalue weighted by Gasteiger charge is 2.13. The lowest BCUT2D eigenvalue weighted by Crippen LogP contribution is -2.47. The van der Waals surface area contributed by atoms with E-state index in [4.69, 9.17) is 10.6 Å². The molecule has 4 N–H and O–H groups in total. The average Bonchev–Trinajstić information content (AvgIpc) is 2.42. The van der Waals surface area contributed by atoms with Gasteiger partial charge in [-0.05, 0) is 26.9 Å². The Morgan fingerprint density at radius 1 is 1.26 bits per heavy atom. The topological polar surface area (TPSA) is 74.9 Å². The lowest BCUT2D eigenvalue weighted by Gasteiger charge is -2.24. The Hall–Kier alpha value is -0.850. The molecule has 0 bridgehead atoms. The summed E-state index contributed by atoms with van der Waals surface area (Å²) in [6.07, 6.45) is 6.35. The first-order valence-electron chi connectivity index (χ1n) is 7.22. The summed E-state index contributed by atoms with van der Waals surface area (Å²) < 4.78 is 5.48. The molecule has 0 amide bonds. The van der Waals surface area contributed by atoms with Crippen molar-refractivity contribution in [2.45, 2.75) is 38.1 Å². The number of hydrogen-bond acceptors (Lipinski definition) is 4. The number of guanidine groups is 1. The number of nitrogens with zero attached hydrogens (tertiary/aromatic N) is 2. The summed E-state index contributed by atoms with van der Waals surface area (Å²) in [5, 5.41) is 3.36. The van der Waals surface area contributed by atoms with E-state index in [-0.39, 0.29) is 0 Å². The normalized spacial score (nSPS) is 17.8. The minimum absolute atomic E-state index is 0.512. The van der Waals surface area contributed by atoms with Crippen LogP contribution >= 0.6 is 0 Å². The highest BCUT2D eigenvalue weighted by molar-refractivity contribution is 5.79. The van der Waals surface area contributed by atoms with Crippen LogP contribution in [0.15, 0.2) is 4.99 Å². The van der Waals surface area contributed by atoms with Crippen molar-refractivity contribution >= 4 is 5.96 Å². The number of hydrazine groups is 1. The first kappa shape index (κ1) is 16.2. The summed E-state index contributed by atoms with van der Waals surface area (Å²) >= 11 is 0. The Morgan fingerprint density at radius 3 is 2.63 bits per heavy atom. The van der Waals surface area contributed by atoms with Crippen molar-refractivity contribution in [1.82, 2.24) is 15.6 Å². The van der Waals surface area contributed by atoms with Crippen LogP contribution < -0.4 is 16.6 Å². The molecule has 0 heterocycles. The first-order chi connectivity index (χ1) is 9.22. The molecule has 0 radical (unpaired) electrons. The fourth-order valence-corrected chi connectivity index (χ4v) is 2.14. The maximum absolute atomic E-state index is 5.48. The Bertz CT molecular complexity index is 251. The van der Waals surface area contributed by atoms with E-state index >= 15 is 0 Å². The number of likely N-dealkylation sites (N-methyl/N-ethyl adjacent to an activating group) is 1. The van der Waals surface area contributed by atoms with Crippen molar-refractivity contribution in [3.05, 3.63) is 0 Å². The van der Waals surface area contributed by atoms with Gasteiger partial charge in [-0.25, -0.2) is 10.8 Å². The molecule has 112 valence electrons. The van der Waals surface area contributed by atoms with Gasteiger partial charge in [0.25, 0.3) is 0 Å². The maximum Gasteiger partial charge on any atom is 0.206 e. The van der Waals surface area contributed by atoms with E-state index in [1.54, 1.807) is 0 Å². The van der Waals surface area contributed by atoms with Gasteiger partial charge in [0.15, 0.2) is 0 Å². The van der Waals surface area contributed by atoms with Crippen LogP contribution in [0.4, 0.5) is 0 Å². The van der Waals surface area contributed by atoms with E-state index in [0.29, 0.717) is 25.2 Å². The predicted octanol–water partition coefficient (Wildman–Crippen LogP) is 0.306. The van der Waals surface area contributed by atoms with Crippen LogP contribution in [0.5, 0.6) is 0 Å². The lowest BCUT2D eigenvalue weighted by molar-refractivity contribution is 0.124. The lowest BCUT2D eigenvalue weighted by atomic mass is 9.96. The molecule has 0 aliphatic heterocycles. The molecule has 1 fully saturated rings. The van der Waals surface area contributed by atoms with Gasteiger partial charge in [0.1, 0.15) is 0 Å². The number of nitrogens with one attached hydrogen (secondary N) is 2. The summed E-state index contributed by atoms with van der Waals surface area (Å²) in [7, 11) is 4.07. The third kappa shape index (κ3) is 8.02. The molecule has 0 unspecified atom stereocenters. The van der Waals surface area contributed by atoms with Gasteiger partial charge in [0.05, 0.1) is 19.8 Å². The fourth-order valence-electron chi connectivity index (χ4n) is 2.14. The van der Waals surface area contributed by atoms with Crippen LogP contribution in [0.25, 0.3) is 0 Å². The zero-order valence-corrected chi connectivity index (χ0v) is 12.3. The van der Waals surface area contributed by atoms with Crippen molar-refractivity contribution in [2.24, 2.45) is 10.8 Å². The fraction of sp³-hybridized carbons (Fsp3) is 0.923. The largest absolute Gasteiger partial charge is 0.378 e. The highest BCUT2D eigenvalue weighted by Crippen LogP contribution is 2.16. The number of hydrogen-bond donors (Lipinski definition) is 3. The van der Waals surface area contributed by atoms with Crippen molar-refractivity contribution in [2.75, 3.05) is 40.4 Å². The van der Waals surface area contributed by atoms with Gasteiger partial charge in [0, 0.05) is 12.6 Å². The quantitative estimate of drug-likeness (QED) is 0.204. The minimum Gasteiger partial charge on any atom is -0.378 e. The third-order valence-electron chi connectivity index (χ3n) is 3.27. The SMILES string of the molecule is CN(C)CCOCCN=C(NN)NC1CCCCC1. The molecule has 1 aliphatic carbocycles. The molecule has 0 atom stereocenters. The Labute approximate surface area is 116 Å². The summed E-state index contributed by atoms with van der Waals surface area (Å²) in [6.45, 7) is 2.94. The molecule has 0 aromatic rings. The van der Waals surface area contributed by atoms with Gasteiger partial charge >= 0.3 is 0 Å². The minimum atomic E-state index is 0.512. The van der Waals surface area contributed by atoms with Crippen molar-refractivity contribution < 1.29 is 4.74 Å². The van der Waals surface area contributed by atoms with Gasteiger partial charge in [0.2, 0.25) is 5.96 Å². The molecule has 0 saturated heterocycles. The van der Waals surface area contributed by atoms with Gasteiger partial charge in [-0.2, -0.15) is 0 Å². The van der Waals surface area contributed by atoms with Crippen LogP contribution in [0.3, 0.4) is 0 Å². The molecule has 1 aliphatic rings. The van der Waals surface area contributed by atoms with E-state index in [0.717, 1.165) is 13.2 Å². The molecule has 0 spiro atoms. The Kier molecular flexibility index (Phi) is 8.53. The third-order valence-corrected chi connectivity index (χ3v) is 3.27. The predicted molar refractivity (Wildman–Crippen MR) is 79.0 cm³/mol. The maximum atomic E-state index is 5.48. The van der Waals surface area contributed by atoms with Crippen LogP contribution in [-0.4, -0.2) is 57.3 Å². The highest BCUT2D eigenvalue weighted by atomic mass is 16.5. The van der Waals surface area contributed by atoms with Crippen LogP contribution in [0.2, 0.25) is 0 Å². The van der Waals surface area contributed by atoms with Crippen LogP contribution in [-0.2, 0) is 4.74 Å². The van der Waals surface area contributed by atoms with Crippen LogP contribution in [0, 0.1) is 0 Å². The molecule has 0 aromatic heterocycles. The summed E-state index contributed by atoms with van der Waals surface area (Å²) in [4.78, 5) is 6.48. The van der Waals surface area contributed by atoms with Crippen molar-refractivity contribution in [3.8, 4) is 0 Å². The van der Waals surface area contributed by atoms with Gasteiger partial charge in [-0.15, -0.1) is 0 Å². The van der Waals surface area contributed by atoms with Crippen molar-refractivity contribution in [1.29, 1.82) is 0 Å². The zero-order valence-electron chi connectivity index (χ0n) is 12.3. The summed E-state index contributed by atoms with van der Waals surface area (Å²) in [5.41, 5.74) is 2.63. The molecule has 0 aromatic carbocycles. The van der Waals surface area contributed by atoms with Gasteiger partial charge in [-0.1, -0.05) is 19.3 Å². The Morgan fingerprint density at radius 2 is 2.00 bits per heavy atom. The molecular formula is C13H29N5O. The van der Waals surface area contributed by atoms with E-state index in [1.165, 1.54) is 32.1 Å². The summed E-state index contributed by atoms with van der Waals surface area (Å²) in [6, 6.07) is 0.512. The smallest absolute Gasteiger partial charge is 0.206 e. The molecular weight excluding hydrogens is 242 g/mol. The number of nitrogens with two attached hydrogens (primary N) is 1. The van der Waals surface area contributed by atoms with E-state index < -0.39 is 0 Å². The van der Waals surface area contributed by atoms with Gasteiger partial charge < -0.3 is 15.0 Å². The first-order valence-corrected chi connectivity index (χ1v) is 7.22. The molecule has 6 nitrogen and oxygen atoms in total. The van der Waals surface area contributed by atoms with Crippen molar-refractivity contribution in [3.63, 3.8) is 0 Å². The number of aliphatic imine (C=N–C) groups is 1. The average molecular weight is 271 g/mol. The second-order valence-electron chi connectivity index (χ2n) is 5.27. The molecule has 19 heavy (non-hydrogen) atoms. The van der Waals surface area contributed by atoms with Gasteiger partial charge in [-0.3, -0.25) is 5.43 Å². The Balaban J connectivity index is 2.12. The number of ether oxygens (including phenoxy) is 1. The number of rotatable bonds is 7. The van der Waals surface area contributed by atoms with Crippen LogP contribution in [0.1, 0.15) is 32.1 Å². The van der Waals surface area contributed by atoms with E-state index in [2.05, 4.69) is 20.6 Å². The zero-order chi connectivity index (χ0) is 13.9. The van der Waals surface area contributed by atoms with E-state index in [9.17, 15) is 0 Å². The second kappa shape index (κ2) is 10.00. The molecule has 1 saturated carbocycles. The monoisotopic (exact) mass is 271 g/mol. The molecule has 1 rings (SSSR count). The standard InChI is InChI=1S/C13H29N5O/c1-18(2)9-11-19-10-8-15-13(17-14)16-12-6-4-3-5-7-12/h12H,3-11,14H2,1-2H3,(H2,15,16,17). The second-order valence-corrected chi connectivity index (χ2v) is 5.27. The van der Waals surface area contributed by atoms with E-state index in [1.807, 2.05) is 14.1 Å². The molecule has 6 heteroatoms. The summed E-state index contributed by atoms with van der Waals surface area (Å²) in [5.74, 6) is 6.16.